The summed E-state index contributed by atoms with van der Waals surface area (Å²) < 4.78 is 37.3. The second-order valence-corrected chi connectivity index (χ2v) is 3.22. The van der Waals surface area contributed by atoms with Crippen molar-refractivity contribution in [1.29, 1.82) is 0 Å². The Morgan fingerprint density at radius 3 is 2.38 bits per heavy atom. The Bertz CT molecular complexity index is 566. The third kappa shape index (κ3) is 2.78. The number of aromatic nitrogens is 1. The zero-order valence-electron chi connectivity index (χ0n) is 8.51. The van der Waals surface area contributed by atoms with Gasteiger partial charge in [-0.15, -0.1) is 0 Å². The number of rotatable bonds is 1. The smallest absolute Gasteiger partial charge is 0.445 e. The van der Waals surface area contributed by atoms with Gasteiger partial charge in [0.05, 0.1) is 0 Å². The van der Waals surface area contributed by atoms with Crippen molar-refractivity contribution in [2.75, 3.05) is 0 Å². The van der Waals surface area contributed by atoms with Gasteiger partial charge in [-0.05, 0) is 16.9 Å². The maximum absolute atomic E-state index is 12.4. The van der Waals surface area contributed by atoms with Crippen LogP contribution < -0.4 is 62.4 Å². The molecule has 0 radical (unpaired) electrons. The molecule has 0 amide bonds. The number of H-pyrrole nitrogens is 1. The molecule has 0 saturated heterocycles. The standard InChI is InChI=1S/C9H6BF3NO.K/c11-10(12,13)7-5-6-3-1-2-4-8(6)14-9(7)15;/h1-5H,(H,14,15);/q-1;+1. The van der Waals surface area contributed by atoms with Gasteiger partial charge >= 0.3 is 58.4 Å². The second kappa shape index (κ2) is 5.05. The molecule has 0 spiro atoms. The van der Waals surface area contributed by atoms with E-state index in [0.29, 0.717) is 10.9 Å². The van der Waals surface area contributed by atoms with E-state index in [1.54, 1.807) is 18.2 Å². The number of pyridine rings is 1. The second-order valence-electron chi connectivity index (χ2n) is 3.22. The summed E-state index contributed by atoms with van der Waals surface area (Å²) in [6.07, 6.45) is 0. The van der Waals surface area contributed by atoms with Crippen LogP contribution in [0.3, 0.4) is 0 Å². The SMILES string of the molecule is O=c1[nH]c2ccccc2cc1[B-](F)(F)F.[K+]. The topological polar surface area (TPSA) is 32.9 Å². The summed E-state index contributed by atoms with van der Waals surface area (Å²) in [5.41, 5.74) is -1.78. The van der Waals surface area contributed by atoms with Gasteiger partial charge < -0.3 is 17.9 Å². The van der Waals surface area contributed by atoms with E-state index in [1.807, 2.05) is 0 Å². The van der Waals surface area contributed by atoms with Crippen molar-refractivity contribution in [3.63, 3.8) is 0 Å². The Morgan fingerprint density at radius 2 is 1.75 bits per heavy atom. The molecule has 0 aliphatic rings. The first-order valence-corrected chi connectivity index (χ1v) is 4.30. The average molecular weight is 251 g/mol. The monoisotopic (exact) mass is 251 g/mol. The summed E-state index contributed by atoms with van der Waals surface area (Å²) in [5, 5.41) is 0.381. The third-order valence-corrected chi connectivity index (χ3v) is 2.13. The molecular formula is C9H6BF3KNO. The number of halogens is 3. The van der Waals surface area contributed by atoms with Crippen LogP contribution in [0.4, 0.5) is 12.9 Å². The largest absolute Gasteiger partial charge is 1.00 e. The molecule has 7 heteroatoms. The Balaban J connectivity index is 0.00000128. The predicted molar refractivity (Wildman–Crippen MR) is 53.3 cm³/mol. The Labute approximate surface area is 132 Å². The summed E-state index contributed by atoms with van der Waals surface area (Å²) >= 11 is 0. The van der Waals surface area contributed by atoms with Gasteiger partial charge in [0.1, 0.15) is 0 Å². The van der Waals surface area contributed by atoms with E-state index >= 15 is 0 Å². The molecule has 2 aromatic rings. The fourth-order valence-corrected chi connectivity index (χ4v) is 1.41. The summed E-state index contributed by atoms with van der Waals surface area (Å²) in [6.45, 7) is -5.25. The minimum Gasteiger partial charge on any atom is -0.445 e. The maximum atomic E-state index is 12.4. The number of hydrogen-bond acceptors (Lipinski definition) is 1. The minimum absolute atomic E-state index is 0. The fraction of sp³-hybridized carbons (Fsp3) is 0. The van der Waals surface area contributed by atoms with Crippen molar-refractivity contribution >= 4 is 23.3 Å². The summed E-state index contributed by atoms with van der Waals surface area (Å²) in [7, 11) is 0. The molecule has 0 fully saturated rings. The van der Waals surface area contributed by atoms with E-state index in [4.69, 9.17) is 0 Å². The molecule has 0 aliphatic heterocycles. The molecule has 1 N–H and O–H groups in total. The number of nitrogens with one attached hydrogen (secondary N) is 1. The average Bonchev–Trinajstić information content (AvgIpc) is 2.15. The van der Waals surface area contributed by atoms with Gasteiger partial charge in [0.15, 0.2) is 0 Å². The Kier molecular flexibility index (Phi) is 4.42. The number of hydrogen-bond donors (Lipinski definition) is 1. The zero-order chi connectivity index (χ0) is 11.1. The number of aromatic amines is 1. The first-order chi connectivity index (χ1) is 6.98. The zero-order valence-corrected chi connectivity index (χ0v) is 11.6. The molecule has 1 heterocycles. The molecule has 1 aromatic carbocycles. The van der Waals surface area contributed by atoms with Crippen LogP contribution in [0.2, 0.25) is 0 Å². The van der Waals surface area contributed by atoms with Crippen molar-refractivity contribution < 1.29 is 64.3 Å². The molecule has 0 aliphatic carbocycles. The van der Waals surface area contributed by atoms with Crippen LogP contribution in [0.1, 0.15) is 0 Å². The summed E-state index contributed by atoms with van der Waals surface area (Å²) in [6, 6.07) is 7.24. The first kappa shape index (κ1) is 14.0. The minimum atomic E-state index is -5.25. The van der Waals surface area contributed by atoms with Gasteiger partial charge in [-0.1, -0.05) is 24.3 Å². The summed E-state index contributed by atoms with van der Waals surface area (Å²) in [4.78, 5) is 13.3. The molecule has 0 unspecified atom stereocenters. The van der Waals surface area contributed by atoms with Gasteiger partial charge in [-0.3, -0.25) is 4.79 Å². The number of para-hydroxylation sites is 1. The first-order valence-electron chi connectivity index (χ1n) is 4.30. The van der Waals surface area contributed by atoms with Crippen LogP contribution >= 0.6 is 0 Å². The molecule has 78 valence electrons. The maximum Gasteiger partial charge on any atom is 1.00 e. The quantitative estimate of drug-likeness (QED) is 0.620. The van der Waals surface area contributed by atoms with Crippen molar-refractivity contribution in [3.8, 4) is 0 Å². The van der Waals surface area contributed by atoms with E-state index in [2.05, 4.69) is 4.98 Å². The van der Waals surface area contributed by atoms with E-state index < -0.39 is 18.0 Å². The van der Waals surface area contributed by atoms with Crippen LogP contribution in [0.15, 0.2) is 35.1 Å². The van der Waals surface area contributed by atoms with Crippen molar-refractivity contribution in [3.05, 3.63) is 40.7 Å². The molecular weight excluding hydrogens is 245 g/mol. The van der Waals surface area contributed by atoms with Crippen LogP contribution in [0, 0.1) is 0 Å². The van der Waals surface area contributed by atoms with Gasteiger partial charge in [-0.2, -0.15) is 0 Å². The summed E-state index contributed by atoms with van der Waals surface area (Å²) in [5.74, 6) is 0. The van der Waals surface area contributed by atoms with Crippen molar-refractivity contribution in [1.82, 2.24) is 4.98 Å². The molecule has 2 nitrogen and oxygen atoms in total. The van der Waals surface area contributed by atoms with Crippen LogP contribution in [-0.4, -0.2) is 12.0 Å². The molecule has 16 heavy (non-hydrogen) atoms. The van der Waals surface area contributed by atoms with E-state index in [-0.39, 0.29) is 51.4 Å². The molecule has 2 rings (SSSR count). The van der Waals surface area contributed by atoms with E-state index in [9.17, 15) is 17.7 Å². The van der Waals surface area contributed by atoms with Crippen LogP contribution in [0.5, 0.6) is 0 Å². The molecule has 1 aromatic heterocycles. The molecule has 0 atom stereocenters. The van der Waals surface area contributed by atoms with Crippen LogP contribution in [-0.2, 0) is 0 Å². The van der Waals surface area contributed by atoms with Crippen molar-refractivity contribution in [2.45, 2.75) is 0 Å². The number of benzene rings is 1. The van der Waals surface area contributed by atoms with Crippen molar-refractivity contribution in [2.24, 2.45) is 0 Å². The van der Waals surface area contributed by atoms with Gasteiger partial charge in [0, 0.05) is 5.52 Å². The Morgan fingerprint density at radius 1 is 1.12 bits per heavy atom. The normalized spacial score (nSPS) is 11.2. The van der Waals surface area contributed by atoms with E-state index in [0.717, 1.165) is 6.07 Å². The predicted octanol–water partition coefficient (Wildman–Crippen LogP) is -1.41. The van der Waals surface area contributed by atoms with Gasteiger partial charge in [0.2, 0.25) is 5.56 Å². The van der Waals surface area contributed by atoms with Gasteiger partial charge in [0.25, 0.3) is 0 Å². The fourth-order valence-electron chi connectivity index (χ4n) is 1.41. The Hall–Kier alpha value is -0.0787. The van der Waals surface area contributed by atoms with Crippen LogP contribution in [0.25, 0.3) is 10.9 Å². The molecule has 0 saturated carbocycles. The number of fused-ring (bicyclic) bond motifs is 1. The molecule has 0 bridgehead atoms. The van der Waals surface area contributed by atoms with Gasteiger partial charge in [-0.25, -0.2) is 0 Å². The third-order valence-electron chi connectivity index (χ3n) is 2.13. The van der Waals surface area contributed by atoms with E-state index in [1.165, 1.54) is 6.07 Å².